The standard InChI is InChI=1S/C22H28N2O3S/c1-17(18-7-4-3-5-8-18)14-23-15-19-16-24(12-11-22(19)23)28(25,26)21-10-6-9-20(13-21)27-2/h3-10,13,17,19,22H,11-12,14-16H2,1-2H3/t17-,19-,22-/m1/s1. The molecule has 0 aliphatic carbocycles. The van der Waals surface area contributed by atoms with Crippen LogP contribution in [0.25, 0.3) is 0 Å². The van der Waals surface area contributed by atoms with Crippen LogP contribution in [-0.2, 0) is 10.0 Å². The molecule has 2 saturated heterocycles. The zero-order valence-corrected chi connectivity index (χ0v) is 17.3. The molecule has 0 aromatic heterocycles. The molecule has 0 saturated carbocycles. The van der Waals surface area contributed by atoms with E-state index in [2.05, 4.69) is 36.1 Å². The number of benzene rings is 2. The van der Waals surface area contributed by atoms with Crippen molar-refractivity contribution in [1.82, 2.24) is 9.21 Å². The Kier molecular flexibility index (Phi) is 5.45. The van der Waals surface area contributed by atoms with Crippen LogP contribution in [0.5, 0.6) is 5.75 Å². The van der Waals surface area contributed by atoms with E-state index in [4.69, 9.17) is 4.74 Å². The van der Waals surface area contributed by atoms with Gasteiger partial charge in [0, 0.05) is 44.2 Å². The highest BCUT2D eigenvalue weighted by molar-refractivity contribution is 7.89. The number of piperidine rings is 1. The van der Waals surface area contributed by atoms with Crippen molar-refractivity contribution in [2.75, 3.05) is 33.3 Å². The molecule has 0 N–H and O–H groups in total. The first-order valence-electron chi connectivity index (χ1n) is 9.92. The summed E-state index contributed by atoms with van der Waals surface area (Å²) >= 11 is 0. The smallest absolute Gasteiger partial charge is 0.243 e. The zero-order valence-electron chi connectivity index (χ0n) is 16.5. The maximum atomic E-state index is 13.0. The highest BCUT2D eigenvalue weighted by Gasteiger charge is 2.45. The monoisotopic (exact) mass is 400 g/mol. The molecule has 2 heterocycles. The molecule has 2 fully saturated rings. The van der Waals surface area contributed by atoms with Crippen LogP contribution < -0.4 is 4.74 Å². The molecule has 0 unspecified atom stereocenters. The van der Waals surface area contributed by atoms with Gasteiger partial charge in [0.1, 0.15) is 5.75 Å². The summed E-state index contributed by atoms with van der Waals surface area (Å²) < 4.78 is 32.9. The molecule has 2 aromatic rings. The van der Waals surface area contributed by atoms with E-state index >= 15 is 0 Å². The largest absolute Gasteiger partial charge is 0.497 e. The van der Waals surface area contributed by atoms with E-state index < -0.39 is 10.0 Å². The summed E-state index contributed by atoms with van der Waals surface area (Å²) in [7, 11) is -1.91. The maximum absolute atomic E-state index is 13.0. The summed E-state index contributed by atoms with van der Waals surface area (Å²) in [6.07, 6.45) is 0.898. The van der Waals surface area contributed by atoms with Crippen LogP contribution in [0, 0.1) is 5.92 Å². The SMILES string of the molecule is COc1cccc(S(=O)(=O)N2CC[C@@H]3[C@H](CN3C[C@@H](C)c3ccccc3)C2)c1. The van der Waals surface area contributed by atoms with Crippen molar-refractivity contribution in [3.8, 4) is 5.75 Å². The summed E-state index contributed by atoms with van der Waals surface area (Å²) in [6, 6.07) is 17.9. The number of hydrogen-bond donors (Lipinski definition) is 0. The van der Waals surface area contributed by atoms with E-state index in [0.717, 1.165) is 19.5 Å². The van der Waals surface area contributed by atoms with Gasteiger partial charge in [-0.25, -0.2) is 8.42 Å². The van der Waals surface area contributed by atoms with Gasteiger partial charge >= 0.3 is 0 Å². The zero-order chi connectivity index (χ0) is 19.7. The lowest BCUT2D eigenvalue weighted by molar-refractivity contribution is -0.0272. The van der Waals surface area contributed by atoms with E-state index in [1.165, 1.54) is 5.56 Å². The second-order valence-corrected chi connectivity index (χ2v) is 9.86. The summed E-state index contributed by atoms with van der Waals surface area (Å²) in [6.45, 7) is 5.47. The predicted octanol–water partition coefficient (Wildman–Crippen LogP) is 3.19. The Morgan fingerprint density at radius 1 is 1.11 bits per heavy atom. The second kappa shape index (κ2) is 7.85. The fourth-order valence-corrected chi connectivity index (χ4v) is 6.07. The van der Waals surface area contributed by atoms with Crippen LogP contribution in [0.1, 0.15) is 24.8 Å². The highest BCUT2D eigenvalue weighted by atomic mass is 32.2. The molecular formula is C22H28N2O3S. The Balaban J connectivity index is 1.38. The van der Waals surface area contributed by atoms with Gasteiger partial charge in [0.05, 0.1) is 12.0 Å². The number of likely N-dealkylation sites (tertiary alicyclic amines) is 1. The summed E-state index contributed by atoms with van der Waals surface area (Å²) in [5.74, 6) is 1.48. The van der Waals surface area contributed by atoms with Gasteiger partial charge in [-0.2, -0.15) is 4.31 Å². The third kappa shape index (κ3) is 3.69. The van der Waals surface area contributed by atoms with Gasteiger partial charge in [-0.1, -0.05) is 43.3 Å². The lowest BCUT2D eigenvalue weighted by Crippen LogP contribution is -2.64. The molecule has 0 bridgehead atoms. The molecule has 3 atom stereocenters. The first-order chi connectivity index (χ1) is 13.5. The Morgan fingerprint density at radius 3 is 2.61 bits per heavy atom. The highest BCUT2D eigenvalue weighted by Crippen LogP contribution is 2.36. The third-order valence-corrected chi connectivity index (χ3v) is 8.01. The minimum Gasteiger partial charge on any atom is -0.497 e. The van der Waals surface area contributed by atoms with Gasteiger partial charge in [-0.3, -0.25) is 4.90 Å². The van der Waals surface area contributed by atoms with Crippen LogP contribution in [0.4, 0.5) is 0 Å². The van der Waals surface area contributed by atoms with Crippen molar-refractivity contribution in [2.24, 2.45) is 5.92 Å². The lowest BCUT2D eigenvalue weighted by atomic mass is 9.82. The molecule has 28 heavy (non-hydrogen) atoms. The molecule has 0 spiro atoms. The molecule has 0 radical (unpaired) electrons. The van der Waals surface area contributed by atoms with Crippen LogP contribution in [-0.4, -0.2) is 57.0 Å². The summed E-state index contributed by atoms with van der Waals surface area (Å²) in [5, 5.41) is 0. The lowest BCUT2D eigenvalue weighted by Gasteiger charge is -2.53. The average Bonchev–Trinajstić information content (AvgIpc) is 2.72. The van der Waals surface area contributed by atoms with Gasteiger partial charge in [-0.15, -0.1) is 0 Å². The van der Waals surface area contributed by atoms with E-state index in [9.17, 15) is 8.42 Å². The first-order valence-corrected chi connectivity index (χ1v) is 11.4. The van der Waals surface area contributed by atoms with Crippen molar-refractivity contribution < 1.29 is 13.2 Å². The van der Waals surface area contributed by atoms with Crippen molar-refractivity contribution >= 4 is 10.0 Å². The van der Waals surface area contributed by atoms with E-state index in [0.29, 0.717) is 41.6 Å². The normalized spacial score (nSPS) is 24.2. The molecule has 0 amide bonds. The fraction of sp³-hybridized carbons (Fsp3) is 0.455. The minimum atomic E-state index is -3.47. The quantitative estimate of drug-likeness (QED) is 0.747. The van der Waals surface area contributed by atoms with E-state index in [1.54, 1.807) is 35.7 Å². The number of fused-ring (bicyclic) bond motifs is 1. The Morgan fingerprint density at radius 2 is 1.89 bits per heavy atom. The van der Waals surface area contributed by atoms with Crippen LogP contribution in [0.2, 0.25) is 0 Å². The van der Waals surface area contributed by atoms with Gasteiger partial charge in [0.25, 0.3) is 0 Å². The number of nitrogens with zero attached hydrogens (tertiary/aromatic N) is 2. The van der Waals surface area contributed by atoms with Gasteiger partial charge < -0.3 is 4.74 Å². The van der Waals surface area contributed by atoms with Gasteiger partial charge in [-0.05, 0) is 30.0 Å². The number of ether oxygens (including phenoxy) is 1. The Bertz CT molecular complexity index is 916. The van der Waals surface area contributed by atoms with Gasteiger partial charge in [0.2, 0.25) is 10.0 Å². The summed E-state index contributed by atoms with van der Waals surface area (Å²) in [4.78, 5) is 2.84. The molecule has 150 valence electrons. The van der Waals surface area contributed by atoms with E-state index in [-0.39, 0.29) is 0 Å². The first kappa shape index (κ1) is 19.4. The second-order valence-electron chi connectivity index (χ2n) is 7.92. The van der Waals surface area contributed by atoms with Crippen LogP contribution in [0.3, 0.4) is 0 Å². The number of methoxy groups -OCH3 is 1. The third-order valence-electron chi connectivity index (χ3n) is 6.15. The predicted molar refractivity (Wildman–Crippen MR) is 110 cm³/mol. The Hall–Kier alpha value is -1.89. The molecule has 2 aromatic carbocycles. The molecule has 6 heteroatoms. The molecule has 2 aliphatic heterocycles. The average molecular weight is 401 g/mol. The number of hydrogen-bond acceptors (Lipinski definition) is 4. The number of rotatable bonds is 6. The van der Waals surface area contributed by atoms with Crippen molar-refractivity contribution in [2.45, 2.75) is 30.2 Å². The molecule has 2 aliphatic rings. The Labute approximate surface area is 168 Å². The molecular weight excluding hydrogens is 372 g/mol. The molecule has 4 rings (SSSR count). The topological polar surface area (TPSA) is 49.9 Å². The van der Waals surface area contributed by atoms with Crippen molar-refractivity contribution in [3.63, 3.8) is 0 Å². The van der Waals surface area contributed by atoms with E-state index in [1.807, 2.05) is 6.07 Å². The van der Waals surface area contributed by atoms with Crippen molar-refractivity contribution in [3.05, 3.63) is 60.2 Å². The maximum Gasteiger partial charge on any atom is 0.243 e. The number of sulfonamides is 1. The van der Waals surface area contributed by atoms with Crippen molar-refractivity contribution in [1.29, 1.82) is 0 Å². The minimum absolute atomic E-state index is 0.319. The van der Waals surface area contributed by atoms with Gasteiger partial charge in [0.15, 0.2) is 0 Å². The summed E-state index contributed by atoms with van der Waals surface area (Å²) in [5.41, 5.74) is 1.36. The van der Waals surface area contributed by atoms with Crippen LogP contribution >= 0.6 is 0 Å². The fourth-order valence-electron chi connectivity index (χ4n) is 4.52. The molecule has 5 nitrogen and oxygen atoms in total. The van der Waals surface area contributed by atoms with Crippen LogP contribution in [0.15, 0.2) is 59.5 Å².